The summed E-state index contributed by atoms with van der Waals surface area (Å²) in [5.74, 6) is 2.72. The van der Waals surface area contributed by atoms with E-state index in [1.54, 1.807) is 6.07 Å². The Balaban J connectivity index is 1.25. The fourth-order valence-corrected chi connectivity index (χ4v) is 5.00. The molecule has 2 aliphatic carbocycles. The van der Waals surface area contributed by atoms with Crippen molar-refractivity contribution in [2.45, 2.75) is 89.6 Å². The van der Waals surface area contributed by atoms with E-state index in [9.17, 15) is 9.59 Å². The van der Waals surface area contributed by atoms with Gasteiger partial charge in [0, 0.05) is 37.0 Å². The van der Waals surface area contributed by atoms with Gasteiger partial charge in [-0.1, -0.05) is 24.9 Å². The highest BCUT2D eigenvalue weighted by Crippen LogP contribution is 2.40. The van der Waals surface area contributed by atoms with Crippen molar-refractivity contribution >= 4 is 11.8 Å². The number of amides is 2. The van der Waals surface area contributed by atoms with Crippen LogP contribution in [0.3, 0.4) is 0 Å². The molecule has 2 heterocycles. The Kier molecular flexibility index (Phi) is 5.74. The summed E-state index contributed by atoms with van der Waals surface area (Å²) in [6, 6.07) is 2.02. The molecular weight excluding hydrogens is 354 g/mol. The fourth-order valence-electron chi connectivity index (χ4n) is 5.00. The van der Waals surface area contributed by atoms with Crippen LogP contribution in [0.1, 0.15) is 93.8 Å². The van der Waals surface area contributed by atoms with E-state index >= 15 is 0 Å². The van der Waals surface area contributed by atoms with E-state index in [1.165, 1.54) is 25.7 Å². The molecule has 0 aromatic carbocycles. The van der Waals surface area contributed by atoms with E-state index < -0.39 is 0 Å². The smallest absolute Gasteiger partial charge is 0.273 e. The first kappa shape index (κ1) is 19.5. The Morgan fingerprint density at radius 3 is 2.71 bits per heavy atom. The second-order valence-electron chi connectivity index (χ2n) is 9.36. The predicted octanol–water partition coefficient (Wildman–Crippen LogP) is 3.88. The van der Waals surface area contributed by atoms with Crippen LogP contribution < -0.4 is 5.32 Å². The molecule has 154 valence electrons. The fraction of sp³-hybridized carbons (Fsp3) is 0.773. The van der Waals surface area contributed by atoms with Crippen LogP contribution in [0.2, 0.25) is 0 Å². The molecule has 0 spiro atoms. The van der Waals surface area contributed by atoms with Crippen molar-refractivity contribution in [2.75, 3.05) is 6.54 Å². The van der Waals surface area contributed by atoms with E-state index in [0.717, 1.165) is 43.9 Å². The Labute approximate surface area is 167 Å². The third-order valence-electron chi connectivity index (χ3n) is 6.78. The number of piperidine rings is 1. The van der Waals surface area contributed by atoms with E-state index in [1.807, 2.05) is 4.90 Å². The molecule has 3 unspecified atom stereocenters. The maximum atomic E-state index is 12.8. The summed E-state index contributed by atoms with van der Waals surface area (Å²) in [5.41, 5.74) is 0.375. The molecule has 0 radical (unpaired) electrons. The normalized spacial score (nSPS) is 30.9. The summed E-state index contributed by atoms with van der Waals surface area (Å²) >= 11 is 0. The zero-order chi connectivity index (χ0) is 19.7. The minimum atomic E-state index is -0.163. The van der Waals surface area contributed by atoms with Gasteiger partial charge in [-0.2, -0.15) is 0 Å². The van der Waals surface area contributed by atoms with Crippen LogP contribution in [-0.4, -0.2) is 40.5 Å². The highest BCUT2D eigenvalue weighted by atomic mass is 16.5. The van der Waals surface area contributed by atoms with Crippen LogP contribution in [-0.2, 0) is 4.79 Å². The van der Waals surface area contributed by atoms with Crippen molar-refractivity contribution in [2.24, 2.45) is 11.8 Å². The lowest BCUT2D eigenvalue weighted by molar-refractivity contribution is -0.136. The minimum absolute atomic E-state index is 0.0855. The van der Waals surface area contributed by atoms with Crippen molar-refractivity contribution in [3.05, 3.63) is 17.5 Å². The molecular formula is C22H33N3O3. The lowest BCUT2D eigenvalue weighted by atomic mass is 9.80. The molecule has 1 aliphatic heterocycles. The Hall–Kier alpha value is -1.85. The second-order valence-corrected chi connectivity index (χ2v) is 9.36. The van der Waals surface area contributed by atoms with E-state index in [4.69, 9.17) is 4.52 Å². The maximum absolute atomic E-state index is 12.8. The number of carbonyl (C=O) groups excluding carboxylic acids is 2. The standard InChI is InChI=1S/C22H33N3O3/c1-14-4-3-5-16(10-14)12-21(26)25-9-8-18(11-15(25)2)23-22(27)19-13-20(28-24-19)17-6-7-17/h13-18H,3-12H2,1-2H3,(H,23,27)/t14?,15-,16?,18?/m1/s1. The van der Waals surface area contributed by atoms with Crippen LogP contribution in [0.25, 0.3) is 0 Å². The predicted molar refractivity (Wildman–Crippen MR) is 106 cm³/mol. The number of hydrogen-bond acceptors (Lipinski definition) is 4. The summed E-state index contributed by atoms with van der Waals surface area (Å²) in [6.45, 7) is 5.12. The number of nitrogens with one attached hydrogen (secondary N) is 1. The number of rotatable bonds is 5. The third kappa shape index (κ3) is 4.58. The number of carbonyl (C=O) groups is 2. The van der Waals surface area contributed by atoms with Crippen LogP contribution in [0, 0.1) is 11.8 Å². The van der Waals surface area contributed by atoms with Gasteiger partial charge in [-0.3, -0.25) is 9.59 Å². The van der Waals surface area contributed by atoms with E-state index in [0.29, 0.717) is 29.9 Å². The maximum Gasteiger partial charge on any atom is 0.273 e. The number of aromatic nitrogens is 1. The minimum Gasteiger partial charge on any atom is -0.360 e. The molecule has 28 heavy (non-hydrogen) atoms. The topological polar surface area (TPSA) is 75.4 Å². The van der Waals surface area contributed by atoms with E-state index in [-0.39, 0.29) is 18.0 Å². The third-order valence-corrected chi connectivity index (χ3v) is 6.78. The van der Waals surface area contributed by atoms with Gasteiger partial charge in [-0.25, -0.2) is 0 Å². The molecule has 1 aromatic rings. The zero-order valence-corrected chi connectivity index (χ0v) is 17.2. The van der Waals surface area contributed by atoms with Crippen molar-refractivity contribution in [3.63, 3.8) is 0 Å². The largest absolute Gasteiger partial charge is 0.360 e. The molecule has 1 N–H and O–H groups in total. The molecule has 1 aromatic heterocycles. The summed E-state index contributed by atoms with van der Waals surface area (Å²) in [7, 11) is 0. The average molecular weight is 388 g/mol. The Morgan fingerprint density at radius 2 is 2.00 bits per heavy atom. The Bertz CT molecular complexity index is 712. The first-order valence-electron chi connectivity index (χ1n) is 11.1. The van der Waals surface area contributed by atoms with Gasteiger partial charge in [0.05, 0.1) is 0 Å². The number of likely N-dealkylation sites (tertiary alicyclic amines) is 1. The summed E-state index contributed by atoms with van der Waals surface area (Å²) < 4.78 is 5.28. The van der Waals surface area contributed by atoms with Crippen LogP contribution in [0.4, 0.5) is 0 Å². The van der Waals surface area contributed by atoms with Gasteiger partial charge in [0.15, 0.2) is 5.69 Å². The molecule has 4 atom stereocenters. The van der Waals surface area contributed by atoms with Crippen molar-refractivity contribution in [1.82, 2.24) is 15.4 Å². The van der Waals surface area contributed by atoms with Gasteiger partial charge in [-0.05, 0) is 57.3 Å². The molecule has 4 rings (SSSR count). The van der Waals surface area contributed by atoms with Gasteiger partial charge < -0.3 is 14.7 Å². The molecule has 2 amide bonds. The molecule has 6 heteroatoms. The molecule has 2 saturated carbocycles. The number of hydrogen-bond donors (Lipinski definition) is 1. The van der Waals surface area contributed by atoms with Crippen molar-refractivity contribution in [1.29, 1.82) is 0 Å². The van der Waals surface area contributed by atoms with Gasteiger partial charge in [0.25, 0.3) is 5.91 Å². The van der Waals surface area contributed by atoms with Crippen LogP contribution in [0.15, 0.2) is 10.6 Å². The van der Waals surface area contributed by atoms with Crippen LogP contribution in [0.5, 0.6) is 0 Å². The summed E-state index contributed by atoms with van der Waals surface area (Å²) in [5, 5.41) is 7.01. The SMILES string of the molecule is CC1CCCC(CC(=O)N2CCC(NC(=O)c3cc(C4CC4)on3)C[C@H]2C)C1. The zero-order valence-electron chi connectivity index (χ0n) is 17.2. The monoisotopic (exact) mass is 387 g/mol. The van der Waals surface area contributed by atoms with Crippen molar-refractivity contribution in [3.8, 4) is 0 Å². The van der Waals surface area contributed by atoms with E-state index in [2.05, 4.69) is 24.3 Å². The quantitative estimate of drug-likeness (QED) is 0.832. The highest BCUT2D eigenvalue weighted by molar-refractivity contribution is 5.92. The van der Waals surface area contributed by atoms with Crippen molar-refractivity contribution < 1.29 is 14.1 Å². The van der Waals surface area contributed by atoms with Gasteiger partial charge >= 0.3 is 0 Å². The summed E-state index contributed by atoms with van der Waals surface area (Å²) in [6.07, 6.45) is 9.48. The molecule has 6 nitrogen and oxygen atoms in total. The molecule has 3 aliphatic rings. The lowest BCUT2D eigenvalue weighted by Crippen LogP contribution is -2.51. The molecule has 1 saturated heterocycles. The Morgan fingerprint density at radius 1 is 1.18 bits per heavy atom. The second kappa shape index (κ2) is 8.26. The first-order valence-corrected chi connectivity index (χ1v) is 11.1. The van der Waals surface area contributed by atoms with Gasteiger partial charge in [-0.15, -0.1) is 0 Å². The lowest BCUT2D eigenvalue weighted by Gasteiger charge is -2.39. The van der Waals surface area contributed by atoms with Gasteiger partial charge in [0.2, 0.25) is 5.91 Å². The number of nitrogens with zero attached hydrogens (tertiary/aromatic N) is 2. The molecule has 3 fully saturated rings. The first-order chi connectivity index (χ1) is 13.5. The van der Waals surface area contributed by atoms with Crippen LogP contribution >= 0.6 is 0 Å². The average Bonchev–Trinajstić information content (AvgIpc) is 3.38. The highest BCUT2D eigenvalue weighted by Gasteiger charge is 2.33. The summed E-state index contributed by atoms with van der Waals surface area (Å²) in [4.78, 5) is 27.3. The van der Waals surface area contributed by atoms with Gasteiger partial charge in [0.1, 0.15) is 5.76 Å². The molecule has 0 bridgehead atoms.